The molecule has 0 aromatic carbocycles. The first-order valence-corrected chi connectivity index (χ1v) is 6.54. The van der Waals surface area contributed by atoms with Crippen LogP contribution < -0.4 is 0 Å². The minimum absolute atomic E-state index is 0.146. The summed E-state index contributed by atoms with van der Waals surface area (Å²) in [6.45, 7) is 12.2. The van der Waals surface area contributed by atoms with E-state index in [4.69, 9.17) is 10.5 Å². The van der Waals surface area contributed by atoms with Crippen molar-refractivity contribution in [3.8, 4) is 12.1 Å². The van der Waals surface area contributed by atoms with Crippen molar-refractivity contribution in [3.05, 3.63) is 0 Å². The molecule has 0 aromatic heterocycles. The van der Waals surface area contributed by atoms with Crippen molar-refractivity contribution < 1.29 is 0 Å². The van der Waals surface area contributed by atoms with E-state index in [9.17, 15) is 0 Å². The van der Waals surface area contributed by atoms with Crippen LogP contribution >= 0.6 is 0 Å². The minimum atomic E-state index is -0.458. The molecule has 0 N–H and O–H groups in total. The van der Waals surface area contributed by atoms with E-state index < -0.39 is 12.1 Å². The van der Waals surface area contributed by atoms with Crippen LogP contribution in [0.15, 0.2) is 10.2 Å². The van der Waals surface area contributed by atoms with Crippen molar-refractivity contribution in [1.29, 1.82) is 10.5 Å². The lowest BCUT2D eigenvalue weighted by Gasteiger charge is -2.19. The van der Waals surface area contributed by atoms with E-state index in [1.54, 1.807) is 0 Å². The lowest BCUT2D eigenvalue weighted by atomic mass is 9.91. The molecule has 0 rings (SSSR count). The van der Waals surface area contributed by atoms with Gasteiger partial charge in [-0.1, -0.05) is 41.5 Å². The number of rotatable bonds is 6. The zero-order chi connectivity index (χ0) is 14.3. The van der Waals surface area contributed by atoms with E-state index in [0.717, 1.165) is 0 Å². The third-order valence-corrected chi connectivity index (χ3v) is 3.68. The van der Waals surface area contributed by atoms with Crippen LogP contribution in [-0.2, 0) is 0 Å². The Hall–Kier alpha value is -1.42. The molecule has 0 heterocycles. The molecule has 0 aliphatic carbocycles. The summed E-state index contributed by atoms with van der Waals surface area (Å²) in [7, 11) is 0. The molecule has 0 amide bonds. The summed E-state index contributed by atoms with van der Waals surface area (Å²) in [5.74, 6) is 1.04. The summed E-state index contributed by atoms with van der Waals surface area (Å²) in [6, 6.07) is 3.41. The molecular formula is C14H24N4. The highest BCUT2D eigenvalue weighted by Gasteiger charge is 2.22. The molecular weight excluding hydrogens is 224 g/mol. The first-order valence-electron chi connectivity index (χ1n) is 6.54. The fourth-order valence-corrected chi connectivity index (χ4v) is 1.37. The summed E-state index contributed by atoms with van der Waals surface area (Å²) in [6.07, 6.45) is 0. The normalized spacial score (nSPS) is 18.3. The zero-order valence-corrected chi connectivity index (χ0v) is 12.3. The Labute approximate surface area is 111 Å². The molecule has 4 nitrogen and oxygen atoms in total. The van der Waals surface area contributed by atoms with Crippen LogP contribution in [0.4, 0.5) is 0 Å². The minimum Gasteiger partial charge on any atom is -0.196 e. The fraction of sp³-hybridized carbons (Fsp3) is 0.857. The van der Waals surface area contributed by atoms with E-state index in [0.29, 0.717) is 11.8 Å². The lowest BCUT2D eigenvalue weighted by molar-refractivity contribution is 0.354. The molecule has 0 fully saturated rings. The van der Waals surface area contributed by atoms with Crippen LogP contribution in [0, 0.1) is 46.3 Å². The predicted octanol–water partition coefficient (Wildman–Crippen LogP) is 3.81. The Kier molecular flexibility index (Phi) is 7.20. The Morgan fingerprint density at radius 1 is 0.667 bits per heavy atom. The SMILES string of the molecule is CC(C)C(C)C(C#N)/N=N/C(C#N)C(C)C(C)C. The standard InChI is InChI=1S/C14H24N4/c1-9(2)11(5)13(7-15)17-18-14(8-16)12(6)10(3)4/h9-14H,1-6H3/b18-17+. The maximum absolute atomic E-state index is 9.09. The molecule has 0 saturated heterocycles. The van der Waals surface area contributed by atoms with Crippen molar-refractivity contribution >= 4 is 0 Å². The van der Waals surface area contributed by atoms with Gasteiger partial charge in [-0.2, -0.15) is 20.8 Å². The van der Waals surface area contributed by atoms with Crippen LogP contribution in [0.2, 0.25) is 0 Å². The Morgan fingerprint density at radius 2 is 0.944 bits per heavy atom. The van der Waals surface area contributed by atoms with Crippen molar-refractivity contribution in [2.75, 3.05) is 0 Å². The predicted molar refractivity (Wildman–Crippen MR) is 71.7 cm³/mol. The smallest absolute Gasteiger partial charge is 0.160 e. The molecule has 0 aliphatic heterocycles. The maximum Gasteiger partial charge on any atom is 0.160 e. The summed E-state index contributed by atoms with van der Waals surface area (Å²) in [4.78, 5) is 0. The monoisotopic (exact) mass is 248 g/mol. The van der Waals surface area contributed by atoms with Crippen molar-refractivity contribution in [3.63, 3.8) is 0 Å². The van der Waals surface area contributed by atoms with Crippen LogP contribution in [0.5, 0.6) is 0 Å². The second kappa shape index (κ2) is 7.82. The first-order chi connectivity index (χ1) is 8.34. The van der Waals surface area contributed by atoms with Gasteiger partial charge in [0.25, 0.3) is 0 Å². The second-order valence-corrected chi connectivity index (χ2v) is 5.59. The third-order valence-electron chi connectivity index (χ3n) is 3.68. The van der Waals surface area contributed by atoms with Gasteiger partial charge in [0, 0.05) is 0 Å². The van der Waals surface area contributed by atoms with Gasteiger partial charge in [0.15, 0.2) is 12.1 Å². The van der Waals surface area contributed by atoms with Crippen molar-refractivity contribution in [2.24, 2.45) is 33.9 Å². The molecule has 4 unspecified atom stereocenters. The van der Waals surface area contributed by atoms with E-state index in [-0.39, 0.29) is 11.8 Å². The number of azo groups is 1. The van der Waals surface area contributed by atoms with Gasteiger partial charge in [-0.25, -0.2) is 0 Å². The van der Waals surface area contributed by atoms with Crippen LogP contribution in [0.25, 0.3) is 0 Å². The highest BCUT2D eigenvalue weighted by Crippen LogP contribution is 2.20. The fourth-order valence-electron chi connectivity index (χ4n) is 1.37. The number of hydrogen-bond acceptors (Lipinski definition) is 4. The van der Waals surface area contributed by atoms with E-state index in [1.807, 2.05) is 13.8 Å². The Balaban J connectivity index is 4.79. The largest absolute Gasteiger partial charge is 0.196 e. The highest BCUT2D eigenvalue weighted by molar-refractivity contribution is 4.97. The molecule has 100 valence electrons. The third kappa shape index (κ3) is 4.84. The topological polar surface area (TPSA) is 72.3 Å². The molecule has 0 radical (unpaired) electrons. The average Bonchev–Trinajstić information content (AvgIpc) is 2.33. The van der Waals surface area contributed by atoms with Gasteiger partial charge < -0.3 is 0 Å². The number of nitriles is 2. The molecule has 0 spiro atoms. The summed E-state index contributed by atoms with van der Waals surface area (Å²) in [5.41, 5.74) is 0. The molecule has 0 saturated carbocycles. The second-order valence-electron chi connectivity index (χ2n) is 5.59. The first kappa shape index (κ1) is 16.6. The average molecular weight is 248 g/mol. The van der Waals surface area contributed by atoms with Gasteiger partial charge >= 0.3 is 0 Å². The summed E-state index contributed by atoms with van der Waals surface area (Å²) in [5, 5.41) is 26.3. The Bertz CT molecular complexity index is 312. The quantitative estimate of drug-likeness (QED) is 0.670. The maximum atomic E-state index is 9.09. The van der Waals surface area contributed by atoms with E-state index in [2.05, 4.69) is 50.1 Å². The molecule has 0 bridgehead atoms. The number of nitrogens with zero attached hydrogens (tertiary/aromatic N) is 4. The van der Waals surface area contributed by atoms with Gasteiger partial charge in [-0.15, -0.1) is 0 Å². The van der Waals surface area contributed by atoms with Crippen LogP contribution in [0.1, 0.15) is 41.5 Å². The van der Waals surface area contributed by atoms with Gasteiger partial charge in [0.2, 0.25) is 0 Å². The molecule has 0 aromatic rings. The van der Waals surface area contributed by atoms with Gasteiger partial charge in [-0.05, 0) is 23.7 Å². The Morgan fingerprint density at radius 3 is 1.11 bits per heavy atom. The highest BCUT2D eigenvalue weighted by atomic mass is 15.1. The molecule has 0 aliphatic rings. The molecule has 4 atom stereocenters. The van der Waals surface area contributed by atoms with Gasteiger partial charge in [0.1, 0.15) is 0 Å². The van der Waals surface area contributed by atoms with Crippen LogP contribution in [-0.4, -0.2) is 12.1 Å². The van der Waals surface area contributed by atoms with Crippen molar-refractivity contribution in [2.45, 2.75) is 53.6 Å². The van der Waals surface area contributed by atoms with Crippen molar-refractivity contribution in [1.82, 2.24) is 0 Å². The zero-order valence-electron chi connectivity index (χ0n) is 12.3. The molecule has 4 heteroatoms. The molecule has 18 heavy (non-hydrogen) atoms. The summed E-state index contributed by atoms with van der Waals surface area (Å²) < 4.78 is 0. The van der Waals surface area contributed by atoms with Crippen LogP contribution in [0.3, 0.4) is 0 Å². The number of hydrogen-bond donors (Lipinski definition) is 0. The summed E-state index contributed by atoms with van der Waals surface area (Å²) >= 11 is 0. The van der Waals surface area contributed by atoms with Gasteiger partial charge in [-0.3, -0.25) is 0 Å². The van der Waals surface area contributed by atoms with E-state index in [1.165, 1.54) is 0 Å². The lowest BCUT2D eigenvalue weighted by Crippen LogP contribution is -2.22. The van der Waals surface area contributed by atoms with Gasteiger partial charge in [0.05, 0.1) is 12.1 Å². The van der Waals surface area contributed by atoms with E-state index >= 15 is 0 Å².